The molecule has 1 aromatic rings. The van der Waals surface area contributed by atoms with Gasteiger partial charge in [-0.25, -0.2) is 4.79 Å². The molecule has 0 bridgehead atoms. The third-order valence-electron chi connectivity index (χ3n) is 3.96. The molecule has 0 saturated carbocycles. The molecule has 120 valence electrons. The second-order valence-corrected chi connectivity index (χ2v) is 6.77. The lowest BCUT2D eigenvalue weighted by atomic mass is 10.0. The Labute approximate surface area is 137 Å². The molecule has 1 unspecified atom stereocenters. The number of amides is 2. The van der Waals surface area contributed by atoms with Crippen molar-refractivity contribution in [1.82, 2.24) is 10.2 Å². The van der Waals surface area contributed by atoms with Crippen LogP contribution in [0.1, 0.15) is 22.8 Å². The van der Waals surface area contributed by atoms with Gasteiger partial charge in [-0.3, -0.25) is 14.5 Å². The maximum Gasteiger partial charge on any atom is 0.352 e. The summed E-state index contributed by atoms with van der Waals surface area (Å²) in [6.07, 6.45) is 0. The van der Waals surface area contributed by atoms with Crippen molar-refractivity contribution in [1.29, 1.82) is 0 Å². The maximum atomic E-state index is 12.3. The van der Waals surface area contributed by atoms with Gasteiger partial charge in [-0.15, -0.1) is 11.8 Å². The van der Waals surface area contributed by atoms with Crippen LogP contribution in [0.2, 0.25) is 0 Å². The van der Waals surface area contributed by atoms with E-state index in [9.17, 15) is 19.5 Å². The van der Waals surface area contributed by atoms with E-state index in [4.69, 9.17) is 0 Å². The number of nitrogens with zero attached hydrogens (tertiary/aromatic N) is 1. The van der Waals surface area contributed by atoms with Crippen LogP contribution in [-0.4, -0.2) is 45.0 Å². The fourth-order valence-corrected chi connectivity index (χ4v) is 4.00. The molecule has 2 heterocycles. The number of carbonyl (C=O) groups excluding carboxylic acids is 2. The van der Waals surface area contributed by atoms with Gasteiger partial charge in [-0.2, -0.15) is 0 Å². The number of hydrogen-bond donors (Lipinski definition) is 2. The Kier molecular flexibility index (Phi) is 3.89. The van der Waals surface area contributed by atoms with Crippen molar-refractivity contribution in [3.05, 3.63) is 46.7 Å². The lowest BCUT2D eigenvalue weighted by Gasteiger charge is -2.49. The number of nitrogens with one attached hydrogen (secondary N) is 1. The van der Waals surface area contributed by atoms with E-state index in [1.165, 1.54) is 16.7 Å². The van der Waals surface area contributed by atoms with Gasteiger partial charge in [0, 0.05) is 11.3 Å². The van der Waals surface area contributed by atoms with E-state index in [0.717, 1.165) is 5.56 Å². The number of carboxylic acids is 1. The van der Waals surface area contributed by atoms with Crippen LogP contribution in [0.3, 0.4) is 0 Å². The molecule has 7 heteroatoms. The van der Waals surface area contributed by atoms with E-state index in [1.54, 1.807) is 19.1 Å². The molecular weight excluding hydrogens is 316 g/mol. The molecule has 0 aromatic heterocycles. The first-order chi connectivity index (χ1) is 10.9. The fourth-order valence-electron chi connectivity index (χ4n) is 2.70. The monoisotopic (exact) mass is 332 g/mol. The smallest absolute Gasteiger partial charge is 0.352 e. The van der Waals surface area contributed by atoms with Gasteiger partial charge >= 0.3 is 5.97 Å². The predicted octanol–water partition coefficient (Wildman–Crippen LogP) is 1.37. The number of aryl methyl sites for hydroxylation is 1. The zero-order valence-corrected chi connectivity index (χ0v) is 13.5. The van der Waals surface area contributed by atoms with Gasteiger partial charge in [0.15, 0.2) is 0 Å². The van der Waals surface area contributed by atoms with Crippen molar-refractivity contribution in [3.63, 3.8) is 0 Å². The summed E-state index contributed by atoms with van der Waals surface area (Å²) in [7, 11) is 0. The first kappa shape index (κ1) is 15.6. The van der Waals surface area contributed by atoms with Gasteiger partial charge in [-0.1, -0.05) is 17.7 Å². The van der Waals surface area contributed by atoms with E-state index in [2.05, 4.69) is 5.32 Å². The molecule has 2 amide bonds. The summed E-state index contributed by atoms with van der Waals surface area (Å²) in [5.74, 6) is -1.27. The van der Waals surface area contributed by atoms with E-state index in [-0.39, 0.29) is 22.9 Å². The number of carbonyl (C=O) groups is 3. The molecule has 1 saturated heterocycles. The number of aliphatic carboxylic acids is 1. The highest BCUT2D eigenvalue weighted by atomic mass is 32.2. The number of fused-ring (bicyclic) bond motifs is 1. The first-order valence-electron chi connectivity index (χ1n) is 7.15. The standard InChI is InChI=1S/C16H16N2O4S/c1-8-3-5-10(6-4-8)13(19)17-11-14(20)18-12(16(21)22)9(2)7-23-15(11)18/h3-6,11,15H,7H2,1-2H3,(H,17,19)(H,21,22)/t11?,15-/m1/s1. The number of hydrogen-bond acceptors (Lipinski definition) is 4. The number of rotatable bonds is 3. The van der Waals surface area contributed by atoms with Gasteiger partial charge in [0.05, 0.1) is 0 Å². The van der Waals surface area contributed by atoms with Crippen molar-refractivity contribution < 1.29 is 19.5 Å². The van der Waals surface area contributed by atoms with Crippen molar-refractivity contribution in [2.45, 2.75) is 25.3 Å². The molecule has 3 rings (SSSR count). The maximum absolute atomic E-state index is 12.3. The van der Waals surface area contributed by atoms with Crippen LogP contribution in [0.25, 0.3) is 0 Å². The van der Waals surface area contributed by atoms with E-state index >= 15 is 0 Å². The van der Waals surface area contributed by atoms with E-state index in [0.29, 0.717) is 16.9 Å². The van der Waals surface area contributed by atoms with Crippen LogP contribution in [0, 0.1) is 6.92 Å². The molecular formula is C16H16N2O4S. The Hall–Kier alpha value is -2.28. The largest absolute Gasteiger partial charge is 0.477 e. The minimum atomic E-state index is -1.11. The topological polar surface area (TPSA) is 86.7 Å². The molecule has 23 heavy (non-hydrogen) atoms. The van der Waals surface area contributed by atoms with Crippen LogP contribution in [0.5, 0.6) is 0 Å². The third kappa shape index (κ3) is 2.61. The molecule has 0 radical (unpaired) electrons. The first-order valence-corrected chi connectivity index (χ1v) is 8.20. The average molecular weight is 332 g/mol. The second-order valence-electron chi connectivity index (χ2n) is 5.66. The Balaban J connectivity index is 1.75. The SMILES string of the molecule is CC1=C(C(=O)O)N2C(=O)C(NC(=O)c3ccc(C)cc3)[C@H]2SC1. The van der Waals surface area contributed by atoms with Crippen LogP contribution in [-0.2, 0) is 9.59 Å². The molecule has 2 aliphatic heterocycles. The molecule has 2 aliphatic rings. The number of β-lactam (4-membered cyclic amide) rings is 1. The van der Waals surface area contributed by atoms with Crippen LogP contribution in [0.15, 0.2) is 35.5 Å². The summed E-state index contributed by atoms with van der Waals surface area (Å²) < 4.78 is 0. The highest BCUT2D eigenvalue weighted by Crippen LogP contribution is 2.40. The lowest BCUT2D eigenvalue weighted by molar-refractivity contribution is -0.148. The van der Waals surface area contributed by atoms with Crippen molar-refractivity contribution >= 4 is 29.5 Å². The number of thioether (sulfide) groups is 1. The summed E-state index contributed by atoms with van der Waals surface area (Å²) in [6.45, 7) is 3.63. The Morgan fingerprint density at radius 2 is 1.91 bits per heavy atom. The van der Waals surface area contributed by atoms with E-state index in [1.807, 2.05) is 19.1 Å². The van der Waals surface area contributed by atoms with Gasteiger partial charge in [-0.05, 0) is 31.6 Å². The summed E-state index contributed by atoms with van der Waals surface area (Å²) in [5.41, 5.74) is 2.23. The molecule has 1 aromatic carbocycles. The molecule has 0 spiro atoms. The minimum Gasteiger partial charge on any atom is -0.477 e. The normalized spacial score (nSPS) is 23.2. The molecule has 0 aliphatic carbocycles. The molecule has 2 N–H and O–H groups in total. The minimum absolute atomic E-state index is 0.0413. The van der Waals surface area contributed by atoms with Gasteiger partial charge in [0.25, 0.3) is 11.8 Å². The van der Waals surface area contributed by atoms with Crippen molar-refractivity contribution in [3.8, 4) is 0 Å². The predicted molar refractivity (Wildman–Crippen MR) is 85.9 cm³/mol. The number of benzene rings is 1. The Morgan fingerprint density at radius 3 is 2.52 bits per heavy atom. The third-order valence-corrected chi connectivity index (χ3v) is 5.39. The Morgan fingerprint density at radius 1 is 1.26 bits per heavy atom. The zero-order chi connectivity index (χ0) is 16.7. The number of carboxylic acid groups (broad SMARTS) is 1. The van der Waals surface area contributed by atoms with Crippen LogP contribution in [0.4, 0.5) is 0 Å². The Bertz CT molecular complexity index is 726. The van der Waals surface area contributed by atoms with Crippen LogP contribution < -0.4 is 5.32 Å². The van der Waals surface area contributed by atoms with Gasteiger partial charge < -0.3 is 10.4 Å². The van der Waals surface area contributed by atoms with Gasteiger partial charge in [0.2, 0.25) is 0 Å². The molecule has 2 atom stereocenters. The second kappa shape index (κ2) is 5.73. The van der Waals surface area contributed by atoms with Gasteiger partial charge in [0.1, 0.15) is 17.1 Å². The fraction of sp³-hybridized carbons (Fsp3) is 0.312. The van der Waals surface area contributed by atoms with Crippen molar-refractivity contribution in [2.24, 2.45) is 0 Å². The quantitative estimate of drug-likeness (QED) is 0.817. The highest BCUT2D eigenvalue weighted by Gasteiger charge is 2.53. The summed E-state index contributed by atoms with van der Waals surface area (Å²) in [4.78, 5) is 37.1. The zero-order valence-electron chi connectivity index (χ0n) is 12.7. The van der Waals surface area contributed by atoms with Crippen LogP contribution >= 0.6 is 11.8 Å². The van der Waals surface area contributed by atoms with E-state index < -0.39 is 12.0 Å². The molecule has 6 nitrogen and oxygen atoms in total. The summed E-state index contributed by atoms with van der Waals surface area (Å²) >= 11 is 1.46. The lowest BCUT2D eigenvalue weighted by Crippen LogP contribution is -2.70. The summed E-state index contributed by atoms with van der Waals surface area (Å²) in [6, 6.07) is 6.37. The summed E-state index contributed by atoms with van der Waals surface area (Å²) in [5, 5.41) is 11.6. The highest BCUT2D eigenvalue weighted by molar-refractivity contribution is 8.00. The van der Waals surface area contributed by atoms with Crippen molar-refractivity contribution in [2.75, 3.05) is 5.75 Å². The average Bonchev–Trinajstić information content (AvgIpc) is 2.52. The molecule has 1 fully saturated rings.